The van der Waals surface area contributed by atoms with Crippen LogP contribution in [-0.2, 0) is 4.79 Å². The fourth-order valence-electron chi connectivity index (χ4n) is 4.53. The summed E-state index contributed by atoms with van der Waals surface area (Å²) in [5, 5.41) is 5.90. The second kappa shape index (κ2) is 10.2. The third-order valence-corrected chi connectivity index (χ3v) is 7.84. The van der Waals surface area contributed by atoms with Gasteiger partial charge in [-0.15, -0.1) is 0 Å². The number of anilines is 1. The summed E-state index contributed by atoms with van der Waals surface area (Å²) < 4.78 is 0. The first-order chi connectivity index (χ1) is 14.6. The van der Waals surface area contributed by atoms with E-state index in [1.165, 1.54) is 32.4 Å². The second-order valence-corrected chi connectivity index (χ2v) is 10.0. The van der Waals surface area contributed by atoms with Crippen LogP contribution in [0.1, 0.15) is 55.8 Å². The van der Waals surface area contributed by atoms with Gasteiger partial charge in [0.15, 0.2) is 0 Å². The lowest BCUT2D eigenvalue weighted by molar-refractivity contribution is -0.118. The zero-order valence-corrected chi connectivity index (χ0v) is 18.8. The third-order valence-electron chi connectivity index (χ3n) is 6.50. The SMILES string of the molecule is CC1CCN(CCCNC(=O)c2ccc3c(c2)NC(=O)C(N2CCCCC2)S3)CC1. The van der Waals surface area contributed by atoms with Crippen molar-refractivity contribution in [3.63, 3.8) is 0 Å². The molecule has 1 unspecified atom stereocenters. The van der Waals surface area contributed by atoms with Crippen molar-refractivity contribution >= 4 is 29.3 Å². The molecule has 3 aliphatic rings. The molecule has 0 radical (unpaired) electrons. The van der Waals surface area contributed by atoms with E-state index < -0.39 is 0 Å². The Kier molecular flexibility index (Phi) is 7.33. The number of thioether (sulfide) groups is 1. The van der Waals surface area contributed by atoms with Gasteiger partial charge in [0.05, 0.1) is 5.69 Å². The summed E-state index contributed by atoms with van der Waals surface area (Å²) in [4.78, 5) is 31.0. The maximum Gasteiger partial charge on any atom is 0.252 e. The van der Waals surface area contributed by atoms with E-state index in [1.54, 1.807) is 11.8 Å². The maximum absolute atomic E-state index is 12.6. The Hall–Kier alpha value is -1.57. The number of benzene rings is 1. The fourth-order valence-corrected chi connectivity index (χ4v) is 5.68. The summed E-state index contributed by atoms with van der Waals surface area (Å²) in [5.74, 6) is 0.809. The predicted molar refractivity (Wildman–Crippen MR) is 122 cm³/mol. The van der Waals surface area contributed by atoms with E-state index in [9.17, 15) is 9.59 Å². The number of amides is 2. The largest absolute Gasteiger partial charge is 0.352 e. The van der Waals surface area contributed by atoms with Crippen LogP contribution in [0.4, 0.5) is 5.69 Å². The summed E-state index contributed by atoms with van der Waals surface area (Å²) in [6.45, 7) is 8.37. The Morgan fingerprint density at radius 3 is 2.70 bits per heavy atom. The number of piperidine rings is 2. The van der Waals surface area contributed by atoms with Gasteiger partial charge in [-0.1, -0.05) is 25.1 Å². The van der Waals surface area contributed by atoms with Crippen LogP contribution in [0.5, 0.6) is 0 Å². The standard InChI is InChI=1S/C23H34N4O2S/c1-17-8-14-26(15-9-17)11-5-10-24-21(28)18-6-7-20-19(16-18)25-22(29)23(30-20)27-12-3-2-4-13-27/h6-7,16-17,23H,2-5,8-15H2,1H3,(H,24,28)(H,25,29). The van der Waals surface area contributed by atoms with Crippen molar-refractivity contribution in [1.29, 1.82) is 0 Å². The molecule has 2 amide bonds. The Balaban J connectivity index is 1.27. The van der Waals surface area contributed by atoms with Crippen molar-refractivity contribution in [3.05, 3.63) is 23.8 Å². The highest BCUT2D eigenvalue weighted by molar-refractivity contribution is 8.00. The molecule has 0 saturated carbocycles. The molecule has 0 aliphatic carbocycles. The van der Waals surface area contributed by atoms with Crippen LogP contribution in [0.15, 0.2) is 23.1 Å². The molecular formula is C23H34N4O2S. The molecule has 7 heteroatoms. The minimum absolute atomic E-state index is 0.0304. The van der Waals surface area contributed by atoms with Gasteiger partial charge in [-0.2, -0.15) is 0 Å². The molecule has 2 saturated heterocycles. The molecule has 3 aliphatic heterocycles. The van der Waals surface area contributed by atoms with Gasteiger partial charge in [0, 0.05) is 17.0 Å². The Morgan fingerprint density at radius 1 is 1.17 bits per heavy atom. The lowest BCUT2D eigenvalue weighted by Crippen LogP contribution is -2.46. The highest BCUT2D eigenvalue weighted by atomic mass is 32.2. The Labute approximate surface area is 184 Å². The lowest BCUT2D eigenvalue weighted by Gasteiger charge is -2.35. The zero-order chi connectivity index (χ0) is 20.9. The number of nitrogens with one attached hydrogen (secondary N) is 2. The van der Waals surface area contributed by atoms with Gasteiger partial charge in [0.25, 0.3) is 11.8 Å². The molecular weight excluding hydrogens is 396 g/mol. The number of likely N-dealkylation sites (tertiary alicyclic amines) is 2. The lowest BCUT2D eigenvalue weighted by atomic mass is 9.99. The molecule has 2 N–H and O–H groups in total. The van der Waals surface area contributed by atoms with E-state index in [0.29, 0.717) is 12.1 Å². The molecule has 4 rings (SSSR count). The number of hydrogen-bond acceptors (Lipinski definition) is 5. The number of nitrogens with zero attached hydrogens (tertiary/aromatic N) is 2. The quantitative estimate of drug-likeness (QED) is 0.678. The molecule has 0 bridgehead atoms. The van der Waals surface area contributed by atoms with E-state index in [2.05, 4.69) is 27.4 Å². The smallest absolute Gasteiger partial charge is 0.252 e. The van der Waals surface area contributed by atoms with Gasteiger partial charge in [-0.25, -0.2) is 0 Å². The molecule has 1 aromatic carbocycles. The van der Waals surface area contributed by atoms with Crippen LogP contribution >= 0.6 is 11.8 Å². The molecule has 164 valence electrons. The highest BCUT2D eigenvalue weighted by Gasteiger charge is 2.33. The number of carbonyl (C=O) groups is 2. The van der Waals surface area contributed by atoms with Gasteiger partial charge in [0.1, 0.15) is 5.37 Å². The second-order valence-electron chi connectivity index (χ2n) is 8.90. The topological polar surface area (TPSA) is 64.7 Å². The van der Waals surface area contributed by atoms with Crippen LogP contribution in [0.25, 0.3) is 0 Å². The monoisotopic (exact) mass is 430 g/mol. The molecule has 0 aromatic heterocycles. The van der Waals surface area contributed by atoms with Gasteiger partial charge in [-0.3, -0.25) is 14.5 Å². The molecule has 6 nitrogen and oxygen atoms in total. The summed E-state index contributed by atoms with van der Waals surface area (Å²) in [6, 6.07) is 5.66. The summed E-state index contributed by atoms with van der Waals surface area (Å²) in [6.07, 6.45) is 7.10. The van der Waals surface area contributed by atoms with E-state index in [-0.39, 0.29) is 17.2 Å². The van der Waals surface area contributed by atoms with Crippen LogP contribution in [0.2, 0.25) is 0 Å². The van der Waals surface area contributed by atoms with E-state index >= 15 is 0 Å². The first kappa shape index (κ1) is 21.7. The highest BCUT2D eigenvalue weighted by Crippen LogP contribution is 2.38. The van der Waals surface area contributed by atoms with Crippen molar-refractivity contribution < 1.29 is 9.59 Å². The van der Waals surface area contributed by atoms with Crippen LogP contribution < -0.4 is 10.6 Å². The van der Waals surface area contributed by atoms with E-state index in [4.69, 9.17) is 0 Å². The van der Waals surface area contributed by atoms with Crippen molar-refractivity contribution in [3.8, 4) is 0 Å². The Bertz CT molecular complexity index is 758. The molecule has 2 fully saturated rings. The number of rotatable bonds is 6. The van der Waals surface area contributed by atoms with Crippen molar-refractivity contribution in [2.45, 2.75) is 55.7 Å². The first-order valence-corrected chi connectivity index (χ1v) is 12.3. The van der Waals surface area contributed by atoms with Gasteiger partial charge in [-0.05, 0) is 88.9 Å². The number of carbonyl (C=O) groups excluding carboxylic acids is 2. The summed E-state index contributed by atoms with van der Waals surface area (Å²) in [5.41, 5.74) is 1.37. The minimum atomic E-state index is -0.157. The fraction of sp³-hybridized carbons (Fsp3) is 0.652. The summed E-state index contributed by atoms with van der Waals surface area (Å²) in [7, 11) is 0. The van der Waals surface area contributed by atoms with Crippen molar-refractivity contribution in [1.82, 2.24) is 15.1 Å². The number of fused-ring (bicyclic) bond motifs is 1. The van der Waals surface area contributed by atoms with E-state index in [1.807, 2.05) is 18.2 Å². The van der Waals surface area contributed by atoms with E-state index in [0.717, 1.165) is 55.4 Å². The molecule has 30 heavy (non-hydrogen) atoms. The minimum Gasteiger partial charge on any atom is -0.352 e. The van der Waals surface area contributed by atoms with Crippen molar-refractivity contribution in [2.24, 2.45) is 5.92 Å². The molecule has 1 atom stereocenters. The van der Waals surface area contributed by atoms with Gasteiger partial charge < -0.3 is 15.5 Å². The van der Waals surface area contributed by atoms with Gasteiger partial charge >= 0.3 is 0 Å². The zero-order valence-electron chi connectivity index (χ0n) is 18.0. The third kappa shape index (κ3) is 5.37. The molecule has 1 aromatic rings. The van der Waals surface area contributed by atoms with Crippen molar-refractivity contribution in [2.75, 3.05) is 44.6 Å². The predicted octanol–water partition coefficient (Wildman–Crippen LogP) is 3.39. The molecule has 0 spiro atoms. The molecule has 3 heterocycles. The number of hydrogen-bond donors (Lipinski definition) is 2. The van der Waals surface area contributed by atoms with Crippen LogP contribution in [0, 0.1) is 5.92 Å². The average molecular weight is 431 g/mol. The first-order valence-electron chi connectivity index (χ1n) is 11.5. The maximum atomic E-state index is 12.6. The van der Waals surface area contributed by atoms with Crippen LogP contribution in [0.3, 0.4) is 0 Å². The summed E-state index contributed by atoms with van der Waals surface area (Å²) >= 11 is 1.61. The average Bonchev–Trinajstić information content (AvgIpc) is 2.77. The normalized spacial score (nSPS) is 23.6. The van der Waals surface area contributed by atoms with Crippen LogP contribution in [-0.4, -0.2) is 66.3 Å². The van der Waals surface area contributed by atoms with Gasteiger partial charge in [0.2, 0.25) is 0 Å². The Morgan fingerprint density at radius 2 is 1.93 bits per heavy atom.